The Morgan fingerprint density at radius 2 is 2.07 bits per heavy atom. The minimum atomic E-state index is -0.459. The zero-order chi connectivity index (χ0) is 20.8. The first kappa shape index (κ1) is 20.4. The maximum atomic E-state index is 13.5. The third-order valence-corrected chi connectivity index (χ3v) is 4.74. The van der Waals surface area contributed by atoms with Crippen molar-refractivity contribution >= 4 is 6.03 Å². The monoisotopic (exact) mass is 396 g/mol. The van der Waals surface area contributed by atoms with E-state index in [1.807, 2.05) is 49.0 Å². The molecule has 29 heavy (non-hydrogen) atoms. The average Bonchev–Trinajstić information content (AvgIpc) is 3.15. The van der Waals surface area contributed by atoms with Gasteiger partial charge in [-0.05, 0) is 42.3 Å². The van der Waals surface area contributed by atoms with Gasteiger partial charge in [0.1, 0.15) is 23.4 Å². The van der Waals surface area contributed by atoms with Crippen LogP contribution >= 0.6 is 0 Å². The number of rotatable bonds is 7. The van der Waals surface area contributed by atoms with Gasteiger partial charge in [-0.25, -0.2) is 14.2 Å². The van der Waals surface area contributed by atoms with E-state index in [0.29, 0.717) is 24.7 Å². The van der Waals surface area contributed by atoms with Gasteiger partial charge in [0.2, 0.25) is 0 Å². The van der Waals surface area contributed by atoms with Crippen LogP contribution in [0.5, 0.6) is 5.75 Å². The highest BCUT2D eigenvalue weighted by Gasteiger charge is 2.23. The summed E-state index contributed by atoms with van der Waals surface area (Å²) in [6.07, 6.45) is 3.53. The number of imidazole rings is 1. The standard InChI is InChI=1S/C22H25FN4O2/c1-4-27(15-16-7-5-9-18(23)13-16)22(28)25-20(21-24-11-12-26(21)2)17-8-6-10-19(14-17)29-3/h5-14,20H,4,15H2,1-3H3,(H,25,28). The number of nitrogens with zero attached hydrogens (tertiary/aromatic N) is 3. The van der Waals surface area contributed by atoms with E-state index in [2.05, 4.69) is 10.3 Å². The number of halogens is 1. The van der Waals surface area contributed by atoms with Gasteiger partial charge in [0.05, 0.1) is 7.11 Å². The normalized spacial score (nSPS) is 11.7. The fraction of sp³-hybridized carbons (Fsp3) is 0.273. The minimum Gasteiger partial charge on any atom is -0.497 e. The number of hydrogen-bond donors (Lipinski definition) is 1. The van der Waals surface area contributed by atoms with Crippen LogP contribution < -0.4 is 10.1 Å². The molecule has 0 bridgehead atoms. The lowest BCUT2D eigenvalue weighted by Crippen LogP contribution is -2.42. The molecule has 2 aromatic carbocycles. The number of carbonyl (C=O) groups excluding carboxylic acids is 1. The lowest BCUT2D eigenvalue weighted by molar-refractivity contribution is 0.195. The van der Waals surface area contributed by atoms with E-state index in [1.165, 1.54) is 12.1 Å². The third-order valence-electron chi connectivity index (χ3n) is 4.74. The summed E-state index contributed by atoms with van der Waals surface area (Å²) in [4.78, 5) is 19.1. The summed E-state index contributed by atoms with van der Waals surface area (Å²) in [6.45, 7) is 2.68. The molecule has 1 heterocycles. The van der Waals surface area contributed by atoms with Crippen molar-refractivity contribution in [3.05, 3.63) is 83.7 Å². The number of ether oxygens (including phenoxy) is 1. The molecule has 0 aliphatic rings. The summed E-state index contributed by atoms with van der Waals surface area (Å²) in [7, 11) is 3.48. The molecule has 7 heteroatoms. The zero-order valence-corrected chi connectivity index (χ0v) is 16.8. The van der Waals surface area contributed by atoms with Gasteiger partial charge in [-0.1, -0.05) is 24.3 Å². The molecule has 0 radical (unpaired) electrons. The quantitative estimate of drug-likeness (QED) is 0.659. The van der Waals surface area contributed by atoms with Crippen molar-refractivity contribution in [3.8, 4) is 5.75 Å². The van der Waals surface area contributed by atoms with Crippen molar-refractivity contribution < 1.29 is 13.9 Å². The highest BCUT2D eigenvalue weighted by molar-refractivity contribution is 5.75. The maximum Gasteiger partial charge on any atom is 0.318 e. The number of carbonyl (C=O) groups is 1. The molecule has 0 aliphatic carbocycles. The number of aromatic nitrogens is 2. The lowest BCUT2D eigenvalue weighted by atomic mass is 10.1. The first-order valence-electron chi connectivity index (χ1n) is 9.43. The lowest BCUT2D eigenvalue weighted by Gasteiger charge is -2.26. The Morgan fingerprint density at radius 1 is 1.28 bits per heavy atom. The summed E-state index contributed by atoms with van der Waals surface area (Å²) in [5, 5.41) is 3.07. The molecule has 1 aromatic heterocycles. The first-order chi connectivity index (χ1) is 14.0. The molecule has 0 aliphatic heterocycles. The van der Waals surface area contributed by atoms with Crippen LogP contribution in [0.4, 0.5) is 9.18 Å². The van der Waals surface area contributed by atoms with Crippen LogP contribution in [-0.4, -0.2) is 34.1 Å². The van der Waals surface area contributed by atoms with Crippen LogP contribution in [0.15, 0.2) is 60.9 Å². The number of urea groups is 1. The van der Waals surface area contributed by atoms with Gasteiger partial charge in [0.25, 0.3) is 0 Å². The molecular weight excluding hydrogens is 371 g/mol. The summed E-state index contributed by atoms with van der Waals surface area (Å²) in [5.41, 5.74) is 1.59. The first-order valence-corrected chi connectivity index (χ1v) is 9.43. The van der Waals surface area contributed by atoms with E-state index in [4.69, 9.17) is 4.74 Å². The van der Waals surface area contributed by atoms with Crippen LogP contribution in [-0.2, 0) is 13.6 Å². The predicted molar refractivity (Wildman–Crippen MR) is 109 cm³/mol. The highest BCUT2D eigenvalue weighted by Crippen LogP contribution is 2.24. The Balaban J connectivity index is 1.86. The minimum absolute atomic E-state index is 0.257. The largest absolute Gasteiger partial charge is 0.497 e. The second-order valence-electron chi connectivity index (χ2n) is 6.70. The van der Waals surface area contributed by atoms with Gasteiger partial charge in [-0.2, -0.15) is 0 Å². The van der Waals surface area contributed by atoms with Crippen molar-refractivity contribution in [1.29, 1.82) is 0 Å². The van der Waals surface area contributed by atoms with Crippen molar-refractivity contribution in [2.45, 2.75) is 19.5 Å². The summed E-state index contributed by atoms with van der Waals surface area (Å²) in [5.74, 6) is 1.08. The van der Waals surface area contributed by atoms with Gasteiger partial charge in [0.15, 0.2) is 0 Å². The number of methoxy groups -OCH3 is 1. The Kier molecular flexibility index (Phi) is 6.49. The van der Waals surface area contributed by atoms with Gasteiger partial charge in [-0.15, -0.1) is 0 Å². The SMILES string of the molecule is CCN(Cc1cccc(F)c1)C(=O)NC(c1cccc(OC)c1)c1nccn1C. The number of nitrogens with one attached hydrogen (secondary N) is 1. The van der Waals surface area contributed by atoms with E-state index in [1.54, 1.807) is 30.3 Å². The second-order valence-corrected chi connectivity index (χ2v) is 6.70. The molecule has 1 atom stereocenters. The molecule has 6 nitrogen and oxygen atoms in total. The molecule has 0 fully saturated rings. The third kappa shape index (κ3) is 4.93. The van der Waals surface area contributed by atoms with Crippen molar-refractivity contribution in [2.75, 3.05) is 13.7 Å². The van der Waals surface area contributed by atoms with Crippen LogP contribution in [0.25, 0.3) is 0 Å². The summed E-state index contributed by atoms with van der Waals surface area (Å²) in [6, 6.07) is 13.1. The molecule has 2 amide bonds. The molecule has 152 valence electrons. The average molecular weight is 396 g/mol. The molecule has 3 aromatic rings. The van der Waals surface area contributed by atoms with Crippen LogP contribution in [0, 0.1) is 5.82 Å². The Labute approximate surface area is 169 Å². The van der Waals surface area contributed by atoms with Crippen LogP contribution in [0.2, 0.25) is 0 Å². The van der Waals surface area contributed by atoms with Gasteiger partial charge in [-0.3, -0.25) is 0 Å². The molecular formula is C22H25FN4O2. The predicted octanol–water partition coefficient (Wildman–Crippen LogP) is 3.89. The van der Waals surface area contributed by atoms with E-state index in [-0.39, 0.29) is 11.8 Å². The topological polar surface area (TPSA) is 59.4 Å². The van der Waals surface area contributed by atoms with Crippen molar-refractivity contribution in [2.24, 2.45) is 7.05 Å². The summed E-state index contributed by atoms with van der Waals surface area (Å²) < 4.78 is 20.7. The van der Waals surface area contributed by atoms with E-state index < -0.39 is 6.04 Å². The fourth-order valence-corrected chi connectivity index (χ4v) is 3.17. The maximum absolute atomic E-state index is 13.5. The number of hydrogen-bond acceptors (Lipinski definition) is 3. The molecule has 1 N–H and O–H groups in total. The fourth-order valence-electron chi connectivity index (χ4n) is 3.17. The molecule has 3 rings (SSSR count). The van der Waals surface area contributed by atoms with Gasteiger partial charge in [0, 0.05) is 32.5 Å². The number of amides is 2. The highest BCUT2D eigenvalue weighted by atomic mass is 19.1. The second kappa shape index (κ2) is 9.23. The Morgan fingerprint density at radius 3 is 2.72 bits per heavy atom. The molecule has 0 spiro atoms. The van der Waals surface area contributed by atoms with Crippen LogP contribution in [0.1, 0.15) is 29.9 Å². The molecule has 1 unspecified atom stereocenters. The van der Waals surface area contributed by atoms with Crippen molar-refractivity contribution in [1.82, 2.24) is 19.8 Å². The Bertz CT molecular complexity index is 973. The van der Waals surface area contributed by atoms with E-state index in [9.17, 15) is 9.18 Å². The van der Waals surface area contributed by atoms with E-state index in [0.717, 1.165) is 11.1 Å². The smallest absolute Gasteiger partial charge is 0.318 e. The zero-order valence-electron chi connectivity index (χ0n) is 16.8. The Hall–Kier alpha value is -3.35. The summed E-state index contributed by atoms with van der Waals surface area (Å²) >= 11 is 0. The van der Waals surface area contributed by atoms with Gasteiger partial charge < -0.3 is 19.5 Å². The van der Waals surface area contributed by atoms with Gasteiger partial charge >= 0.3 is 6.03 Å². The molecule has 0 saturated carbocycles. The molecule has 0 saturated heterocycles. The number of benzene rings is 2. The van der Waals surface area contributed by atoms with Crippen molar-refractivity contribution in [3.63, 3.8) is 0 Å². The number of aryl methyl sites for hydroxylation is 1. The van der Waals surface area contributed by atoms with Crippen LogP contribution in [0.3, 0.4) is 0 Å². The van der Waals surface area contributed by atoms with E-state index >= 15 is 0 Å².